The average molecular weight is 499 g/mol. The van der Waals surface area contributed by atoms with Crippen LogP contribution in [0.4, 0.5) is 18.9 Å². The predicted octanol–water partition coefficient (Wildman–Crippen LogP) is 4.29. The van der Waals surface area contributed by atoms with Gasteiger partial charge in [-0.15, -0.1) is 0 Å². The van der Waals surface area contributed by atoms with Crippen LogP contribution in [0.1, 0.15) is 48.3 Å². The van der Waals surface area contributed by atoms with E-state index in [0.29, 0.717) is 26.2 Å². The molecule has 11 heteroatoms. The van der Waals surface area contributed by atoms with Crippen molar-refractivity contribution in [2.24, 2.45) is 0 Å². The van der Waals surface area contributed by atoms with Crippen molar-refractivity contribution in [3.63, 3.8) is 0 Å². The van der Waals surface area contributed by atoms with E-state index in [1.165, 1.54) is 24.4 Å². The van der Waals surface area contributed by atoms with E-state index in [4.69, 9.17) is 16.3 Å². The highest BCUT2D eigenvalue weighted by Gasteiger charge is 2.37. The Morgan fingerprint density at radius 2 is 1.85 bits per heavy atom. The number of halogens is 4. The molecule has 184 valence electrons. The maximum absolute atomic E-state index is 13.8. The van der Waals surface area contributed by atoms with Crippen molar-refractivity contribution in [1.82, 2.24) is 15.2 Å². The Morgan fingerprint density at radius 3 is 2.44 bits per heavy atom. The number of amides is 1. The molecule has 3 rings (SSSR count). The number of carbonyl (C=O) groups is 2. The van der Waals surface area contributed by atoms with E-state index in [1.54, 1.807) is 25.7 Å². The zero-order valence-electron chi connectivity index (χ0n) is 19.0. The Hall–Kier alpha value is -2.69. The zero-order valence-corrected chi connectivity index (χ0v) is 19.8. The summed E-state index contributed by atoms with van der Waals surface area (Å²) in [7, 11) is 0. The van der Waals surface area contributed by atoms with Gasteiger partial charge in [-0.1, -0.05) is 11.6 Å². The van der Waals surface area contributed by atoms with Gasteiger partial charge in [-0.05, 0) is 56.7 Å². The number of piperazine rings is 1. The minimum atomic E-state index is -4.70. The number of ether oxygens (including phenoxy) is 1. The lowest BCUT2D eigenvalue weighted by Crippen LogP contribution is -2.48. The van der Waals surface area contributed by atoms with Crippen LogP contribution in [0.15, 0.2) is 36.5 Å². The molecule has 34 heavy (non-hydrogen) atoms. The molecule has 1 aromatic carbocycles. The van der Waals surface area contributed by atoms with Gasteiger partial charge < -0.3 is 15.4 Å². The average Bonchev–Trinajstić information content (AvgIpc) is 2.73. The molecule has 1 aromatic heterocycles. The largest absolute Gasteiger partial charge is 0.459 e. The van der Waals surface area contributed by atoms with Gasteiger partial charge >= 0.3 is 12.1 Å². The van der Waals surface area contributed by atoms with Crippen LogP contribution in [0.5, 0.6) is 0 Å². The molecule has 1 aliphatic heterocycles. The van der Waals surface area contributed by atoms with Crippen LogP contribution in [0, 0.1) is 0 Å². The van der Waals surface area contributed by atoms with Gasteiger partial charge in [0.2, 0.25) is 0 Å². The van der Waals surface area contributed by atoms with Crippen LogP contribution < -0.4 is 10.6 Å². The van der Waals surface area contributed by atoms with Crippen LogP contribution in [0.2, 0.25) is 5.15 Å². The number of aromatic nitrogens is 1. The number of benzene rings is 1. The fraction of sp³-hybridized carbons (Fsp3) is 0.435. The van der Waals surface area contributed by atoms with E-state index in [2.05, 4.69) is 15.6 Å². The van der Waals surface area contributed by atoms with E-state index < -0.39 is 35.3 Å². The summed E-state index contributed by atoms with van der Waals surface area (Å²) >= 11 is 5.95. The van der Waals surface area contributed by atoms with Crippen LogP contribution in [0.25, 0.3) is 0 Å². The van der Waals surface area contributed by atoms with E-state index in [1.807, 2.05) is 0 Å². The van der Waals surface area contributed by atoms with Crippen molar-refractivity contribution in [1.29, 1.82) is 0 Å². The van der Waals surface area contributed by atoms with E-state index in [0.717, 1.165) is 12.1 Å². The van der Waals surface area contributed by atoms with E-state index >= 15 is 0 Å². The van der Waals surface area contributed by atoms with Crippen molar-refractivity contribution < 1.29 is 27.5 Å². The van der Waals surface area contributed by atoms with Crippen LogP contribution in [-0.4, -0.2) is 53.5 Å². The molecule has 0 aliphatic carbocycles. The summed E-state index contributed by atoms with van der Waals surface area (Å²) in [6.07, 6.45) is -3.32. The molecule has 0 bridgehead atoms. The molecule has 1 fully saturated rings. The SMILES string of the molecule is CC(C)(C)OC(=O)C(c1cc(NC(=O)c2cccnc2Cl)cc(C(F)(F)F)c1)N1CCNCC1. The number of carbonyl (C=O) groups excluding carboxylic acids is 2. The normalized spacial score (nSPS) is 16.1. The summed E-state index contributed by atoms with van der Waals surface area (Å²) in [6.45, 7) is 7.09. The predicted molar refractivity (Wildman–Crippen MR) is 122 cm³/mol. The lowest BCUT2D eigenvalue weighted by Gasteiger charge is -2.35. The van der Waals surface area contributed by atoms with Crippen molar-refractivity contribution in [2.75, 3.05) is 31.5 Å². The minimum absolute atomic E-state index is 0.00826. The molecule has 1 amide bonds. The smallest absolute Gasteiger partial charge is 0.416 e. The molecule has 0 saturated carbocycles. The highest BCUT2D eigenvalue weighted by molar-refractivity contribution is 6.33. The Bertz CT molecular complexity index is 1050. The third-order valence-electron chi connectivity index (χ3n) is 5.01. The highest BCUT2D eigenvalue weighted by atomic mass is 35.5. The fourth-order valence-corrected chi connectivity index (χ4v) is 3.80. The van der Waals surface area contributed by atoms with Gasteiger partial charge in [0.25, 0.3) is 5.91 Å². The van der Waals surface area contributed by atoms with Gasteiger partial charge in [-0.2, -0.15) is 13.2 Å². The Morgan fingerprint density at radius 1 is 1.18 bits per heavy atom. The number of pyridine rings is 1. The van der Waals surface area contributed by atoms with Gasteiger partial charge in [0, 0.05) is 38.1 Å². The van der Waals surface area contributed by atoms with Crippen LogP contribution in [0.3, 0.4) is 0 Å². The number of esters is 1. The van der Waals surface area contributed by atoms with E-state index in [9.17, 15) is 22.8 Å². The number of rotatable bonds is 5. The van der Waals surface area contributed by atoms with Gasteiger partial charge in [0.1, 0.15) is 16.8 Å². The third-order valence-corrected chi connectivity index (χ3v) is 5.31. The van der Waals surface area contributed by atoms with Crippen LogP contribution in [-0.2, 0) is 15.7 Å². The second-order valence-corrected chi connectivity index (χ2v) is 9.22. The van der Waals surface area contributed by atoms with Gasteiger partial charge in [-0.25, -0.2) is 9.78 Å². The molecule has 2 N–H and O–H groups in total. The molecule has 1 atom stereocenters. The maximum Gasteiger partial charge on any atom is 0.416 e. The zero-order chi connectivity index (χ0) is 25.1. The summed E-state index contributed by atoms with van der Waals surface area (Å²) in [5, 5.41) is 5.52. The highest BCUT2D eigenvalue weighted by Crippen LogP contribution is 2.36. The molecule has 1 aliphatic rings. The molecular formula is C23H26ClF3N4O3. The molecular weight excluding hydrogens is 473 g/mol. The number of nitrogens with zero attached hydrogens (tertiary/aromatic N) is 2. The van der Waals surface area contributed by atoms with Crippen LogP contribution >= 0.6 is 11.6 Å². The standard InChI is InChI=1S/C23H26ClF3N4O3/c1-22(2,3)34-21(33)18(31-9-7-28-8-10-31)14-11-15(23(25,26)27)13-16(12-14)30-20(32)17-5-4-6-29-19(17)24/h4-6,11-13,18,28H,7-10H2,1-3H3,(H,30,32). The monoisotopic (exact) mass is 498 g/mol. The second kappa shape index (κ2) is 10.3. The number of anilines is 1. The first-order valence-corrected chi connectivity index (χ1v) is 11.0. The summed E-state index contributed by atoms with van der Waals surface area (Å²) in [4.78, 5) is 31.4. The Balaban J connectivity index is 2.05. The molecule has 2 aromatic rings. The summed E-state index contributed by atoms with van der Waals surface area (Å²) < 4.78 is 46.8. The molecule has 0 spiro atoms. The Labute approximate surface area is 200 Å². The number of hydrogen-bond donors (Lipinski definition) is 2. The third kappa shape index (κ3) is 6.68. The van der Waals surface area contributed by atoms with Crippen molar-refractivity contribution in [2.45, 2.75) is 38.6 Å². The summed E-state index contributed by atoms with van der Waals surface area (Å²) in [5.74, 6) is -1.39. The molecule has 1 saturated heterocycles. The van der Waals surface area contributed by atoms with Gasteiger partial charge in [0.05, 0.1) is 11.1 Å². The lowest BCUT2D eigenvalue weighted by molar-refractivity contribution is -0.162. The lowest BCUT2D eigenvalue weighted by atomic mass is 9.99. The van der Waals surface area contributed by atoms with Crippen molar-refractivity contribution in [3.8, 4) is 0 Å². The quantitative estimate of drug-likeness (QED) is 0.472. The van der Waals surface area contributed by atoms with Crippen molar-refractivity contribution in [3.05, 3.63) is 58.4 Å². The minimum Gasteiger partial charge on any atom is -0.459 e. The fourth-order valence-electron chi connectivity index (χ4n) is 3.59. The molecule has 2 heterocycles. The molecule has 0 radical (unpaired) electrons. The first-order chi connectivity index (χ1) is 15.8. The van der Waals surface area contributed by atoms with Gasteiger partial charge in [-0.3, -0.25) is 9.69 Å². The molecule has 7 nitrogen and oxygen atoms in total. The topological polar surface area (TPSA) is 83.6 Å². The van der Waals surface area contributed by atoms with E-state index in [-0.39, 0.29) is 22.0 Å². The van der Waals surface area contributed by atoms with Crippen molar-refractivity contribution >= 4 is 29.2 Å². The maximum atomic E-state index is 13.8. The number of hydrogen-bond acceptors (Lipinski definition) is 6. The molecule has 1 unspecified atom stereocenters. The number of nitrogens with one attached hydrogen (secondary N) is 2. The second-order valence-electron chi connectivity index (χ2n) is 8.86. The first-order valence-electron chi connectivity index (χ1n) is 10.7. The summed E-state index contributed by atoms with van der Waals surface area (Å²) in [5.41, 5.74) is -1.88. The summed E-state index contributed by atoms with van der Waals surface area (Å²) in [6, 6.07) is 4.90. The Kier molecular flexibility index (Phi) is 7.84. The van der Waals surface area contributed by atoms with Gasteiger partial charge in [0.15, 0.2) is 0 Å². The first kappa shape index (κ1) is 25.9. The number of alkyl halides is 3.